The van der Waals surface area contributed by atoms with E-state index in [4.69, 9.17) is 22.1 Å². The molecule has 2 aliphatic rings. The van der Waals surface area contributed by atoms with E-state index in [-0.39, 0.29) is 17.9 Å². The van der Waals surface area contributed by atoms with Crippen molar-refractivity contribution < 1.29 is 9.53 Å². The Morgan fingerprint density at radius 2 is 1.76 bits per heavy atom. The zero-order valence-electron chi connectivity index (χ0n) is 14.9. The van der Waals surface area contributed by atoms with Crippen LogP contribution in [0.5, 0.6) is 0 Å². The normalized spacial score (nSPS) is 22.6. The number of rotatable bonds is 4. The van der Waals surface area contributed by atoms with Crippen LogP contribution in [0.3, 0.4) is 0 Å². The lowest BCUT2D eigenvalue weighted by atomic mass is 9.91. The molecule has 0 bridgehead atoms. The number of benzene rings is 1. The highest BCUT2D eigenvalue weighted by Gasteiger charge is 2.32. The van der Waals surface area contributed by atoms with E-state index in [1.54, 1.807) is 0 Å². The van der Waals surface area contributed by atoms with E-state index in [1.165, 1.54) is 5.56 Å². The van der Waals surface area contributed by atoms with Gasteiger partial charge in [0.2, 0.25) is 5.91 Å². The molecule has 0 spiro atoms. The van der Waals surface area contributed by atoms with Gasteiger partial charge in [-0.3, -0.25) is 9.69 Å². The van der Waals surface area contributed by atoms with Gasteiger partial charge in [0.05, 0.1) is 6.04 Å². The molecule has 2 saturated heterocycles. The van der Waals surface area contributed by atoms with Crippen molar-refractivity contribution >= 4 is 17.5 Å². The maximum atomic E-state index is 12.7. The molecule has 2 unspecified atom stereocenters. The number of hydrogen-bond acceptors (Lipinski definition) is 4. The Labute approximate surface area is 155 Å². The van der Waals surface area contributed by atoms with E-state index in [1.807, 2.05) is 17.0 Å². The Bertz CT molecular complexity index is 567. The van der Waals surface area contributed by atoms with E-state index in [0.29, 0.717) is 6.04 Å². The van der Waals surface area contributed by atoms with Gasteiger partial charge >= 0.3 is 0 Å². The van der Waals surface area contributed by atoms with E-state index >= 15 is 0 Å². The third-order valence-corrected chi connectivity index (χ3v) is 5.84. The second-order valence-electron chi connectivity index (χ2n) is 7.06. The molecule has 0 radical (unpaired) electrons. The summed E-state index contributed by atoms with van der Waals surface area (Å²) in [5.74, 6) is 0.359. The third kappa shape index (κ3) is 4.53. The summed E-state index contributed by atoms with van der Waals surface area (Å²) < 4.78 is 5.37. The average molecular weight is 366 g/mol. The summed E-state index contributed by atoms with van der Waals surface area (Å²) in [7, 11) is 0. The molecule has 2 heterocycles. The Hall–Kier alpha value is -1.14. The highest BCUT2D eigenvalue weighted by molar-refractivity contribution is 6.30. The highest BCUT2D eigenvalue weighted by Crippen LogP contribution is 2.24. The van der Waals surface area contributed by atoms with Gasteiger partial charge in [-0.05, 0) is 43.4 Å². The number of ether oxygens (including phenoxy) is 1. The zero-order chi connectivity index (χ0) is 17.8. The number of piperazine rings is 1. The first-order chi connectivity index (χ1) is 12.1. The summed E-state index contributed by atoms with van der Waals surface area (Å²) in [5.41, 5.74) is 7.50. The second-order valence-corrected chi connectivity index (χ2v) is 7.50. The lowest BCUT2D eigenvalue weighted by Crippen LogP contribution is -2.55. The molecular weight excluding hydrogens is 338 g/mol. The number of amides is 1. The summed E-state index contributed by atoms with van der Waals surface area (Å²) in [4.78, 5) is 17.1. The number of carbonyl (C=O) groups excluding carboxylic acids is 1. The predicted molar refractivity (Wildman–Crippen MR) is 99.5 cm³/mol. The van der Waals surface area contributed by atoms with Crippen molar-refractivity contribution in [3.05, 3.63) is 34.9 Å². The fourth-order valence-corrected chi connectivity index (χ4v) is 3.90. The van der Waals surface area contributed by atoms with Crippen molar-refractivity contribution in [1.82, 2.24) is 9.80 Å². The summed E-state index contributed by atoms with van der Waals surface area (Å²) in [6, 6.07) is 7.94. The van der Waals surface area contributed by atoms with Crippen molar-refractivity contribution in [2.45, 2.75) is 31.8 Å². The van der Waals surface area contributed by atoms with Gasteiger partial charge in [-0.1, -0.05) is 23.7 Å². The fraction of sp³-hybridized carbons (Fsp3) is 0.632. The van der Waals surface area contributed by atoms with Gasteiger partial charge in [0.25, 0.3) is 0 Å². The molecule has 0 saturated carbocycles. The highest BCUT2D eigenvalue weighted by atomic mass is 35.5. The third-order valence-electron chi connectivity index (χ3n) is 5.59. The van der Waals surface area contributed by atoms with Crippen LogP contribution in [0.25, 0.3) is 0 Å². The average Bonchev–Trinajstić information content (AvgIpc) is 2.67. The fourth-order valence-electron chi connectivity index (χ4n) is 3.77. The van der Waals surface area contributed by atoms with Gasteiger partial charge < -0.3 is 15.4 Å². The number of halogens is 1. The number of carbonyl (C=O) groups is 1. The number of hydrogen-bond donors (Lipinski definition) is 1. The van der Waals surface area contributed by atoms with Crippen LogP contribution < -0.4 is 5.73 Å². The predicted octanol–water partition coefficient (Wildman–Crippen LogP) is 2.30. The summed E-state index contributed by atoms with van der Waals surface area (Å²) >= 11 is 5.97. The maximum absolute atomic E-state index is 12.7. The standard InChI is InChI=1S/C19H28ClN3O2/c1-14(15-2-4-17(20)5-3-15)22-8-10-23(11-9-22)19(24)18(21)16-6-12-25-13-7-16/h2-5,14,16,18H,6-13,21H2,1H3. The molecule has 0 aromatic heterocycles. The van der Waals surface area contributed by atoms with Crippen molar-refractivity contribution in [2.24, 2.45) is 11.7 Å². The first-order valence-electron chi connectivity index (χ1n) is 9.18. The Kier molecular flexibility index (Phi) is 6.34. The minimum atomic E-state index is -0.385. The van der Waals surface area contributed by atoms with E-state index in [9.17, 15) is 4.79 Å². The molecule has 138 valence electrons. The summed E-state index contributed by atoms with van der Waals surface area (Å²) in [6.07, 6.45) is 1.78. The smallest absolute Gasteiger partial charge is 0.239 e. The summed E-state index contributed by atoms with van der Waals surface area (Å²) in [5, 5.41) is 0.758. The van der Waals surface area contributed by atoms with Gasteiger partial charge in [-0.25, -0.2) is 0 Å². The molecule has 0 aliphatic carbocycles. The number of nitrogens with zero attached hydrogens (tertiary/aromatic N) is 2. The number of nitrogens with two attached hydrogens (primary N) is 1. The summed E-state index contributed by atoms with van der Waals surface area (Å²) in [6.45, 7) is 6.87. The van der Waals surface area contributed by atoms with Crippen molar-refractivity contribution in [2.75, 3.05) is 39.4 Å². The molecule has 1 aromatic carbocycles. The lowest BCUT2D eigenvalue weighted by molar-refractivity contribution is -0.136. The van der Waals surface area contributed by atoms with Crippen LogP contribution in [0.2, 0.25) is 5.02 Å². The minimum absolute atomic E-state index is 0.102. The molecule has 3 rings (SSSR count). The van der Waals surface area contributed by atoms with Crippen LogP contribution >= 0.6 is 11.6 Å². The lowest BCUT2D eigenvalue weighted by Gasteiger charge is -2.40. The Morgan fingerprint density at radius 3 is 2.36 bits per heavy atom. The Morgan fingerprint density at radius 1 is 1.16 bits per heavy atom. The van der Waals surface area contributed by atoms with Crippen molar-refractivity contribution in [3.63, 3.8) is 0 Å². The van der Waals surface area contributed by atoms with Crippen LogP contribution in [0.15, 0.2) is 24.3 Å². The minimum Gasteiger partial charge on any atom is -0.381 e. The van der Waals surface area contributed by atoms with Crippen LogP contribution in [-0.2, 0) is 9.53 Å². The maximum Gasteiger partial charge on any atom is 0.239 e. The molecule has 5 nitrogen and oxygen atoms in total. The van der Waals surface area contributed by atoms with Crippen LogP contribution in [0.1, 0.15) is 31.4 Å². The topological polar surface area (TPSA) is 58.8 Å². The molecule has 6 heteroatoms. The molecule has 1 aromatic rings. The monoisotopic (exact) mass is 365 g/mol. The second kappa shape index (κ2) is 8.49. The Balaban J connectivity index is 1.52. The molecular formula is C19H28ClN3O2. The van der Waals surface area contributed by atoms with Gasteiger partial charge in [-0.2, -0.15) is 0 Å². The largest absolute Gasteiger partial charge is 0.381 e. The zero-order valence-corrected chi connectivity index (χ0v) is 15.6. The molecule has 2 atom stereocenters. The van der Waals surface area contributed by atoms with Crippen molar-refractivity contribution in [3.8, 4) is 0 Å². The van der Waals surface area contributed by atoms with Gasteiger partial charge in [0.1, 0.15) is 0 Å². The van der Waals surface area contributed by atoms with E-state index in [0.717, 1.165) is 57.3 Å². The first kappa shape index (κ1) is 18.6. The van der Waals surface area contributed by atoms with Gasteiger partial charge in [-0.15, -0.1) is 0 Å². The van der Waals surface area contributed by atoms with Crippen LogP contribution in [0.4, 0.5) is 0 Å². The quantitative estimate of drug-likeness (QED) is 0.889. The molecule has 2 fully saturated rings. The molecule has 25 heavy (non-hydrogen) atoms. The SMILES string of the molecule is CC(c1ccc(Cl)cc1)N1CCN(C(=O)C(N)C2CCOCC2)CC1. The van der Waals surface area contributed by atoms with Crippen molar-refractivity contribution in [1.29, 1.82) is 0 Å². The first-order valence-corrected chi connectivity index (χ1v) is 9.55. The van der Waals surface area contributed by atoms with Gasteiger partial charge in [0.15, 0.2) is 0 Å². The molecule has 2 N–H and O–H groups in total. The van der Waals surface area contributed by atoms with Crippen LogP contribution in [0, 0.1) is 5.92 Å². The molecule has 1 amide bonds. The molecule has 2 aliphatic heterocycles. The van der Waals surface area contributed by atoms with Gasteiger partial charge in [0, 0.05) is 50.5 Å². The van der Waals surface area contributed by atoms with Crippen LogP contribution in [-0.4, -0.2) is 61.1 Å². The van der Waals surface area contributed by atoms with E-state index in [2.05, 4.69) is 24.0 Å². The van der Waals surface area contributed by atoms with E-state index < -0.39 is 0 Å².